The summed E-state index contributed by atoms with van der Waals surface area (Å²) in [6.07, 6.45) is 7.56. The van der Waals surface area contributed by atoms with Crippen LogP contribution in [0.15, 0.2) is 12.7 Å². The zero-order valence-electron chi connectivity index (χ0n) is 30.1. The van der Waals surface area contributed by atoms with Crippen molar-refractivity contribution in [2.24, 2.45) is 22.7 Å². The number of nitrogens with zero attached hydrogens (tertiary/aromatic N) is 1. The SMILES string of the molecule is C=CCNC(=O)C(=O)C(CC1CC1)NC(=O)[C@@H]1CC(C)(C)C(C)CN1C(=O)[C@@H](NC(=O)NC1(CS(=O)(=O)CC)CCCCC1)C(C)(C)C. The van der Waals surface area contributed by atoms with Crippen LogP contribution in [0.3, 0.4) is 0 Å². The van der Waals surface area contributed by atoms with Gasteiger partial charge in [-0.3, -0.25) is 19.2 Å². The predicted octanol–water partition coefficient (Wildman–Crippen LogP) is 3.26. The Morgan fingerprint density at radius 2 is 1.65 bits per heavy atom. The second-order valence-electron chi connectivity index (χ2n) is 16.1. The maximum absolute atomic E-state index is 14.5. The highest BCUT2D eigenvalue weighted by Gasteiger charge is 2.48. The number of likely N-dealkylation sites (tertiary alicyclic amines) is 1. The minimum atomic E-state index is -3.39. The van der Waals surface area contributed by atoms with Gasteiger partial charge in [0.2, 0.25) is 17.6 Å². The lowest BCUT2D eigenvalue weighted by Gasteiger charge is -2.49. The fraction of sp³-hybridized carbons (Fsp3) is 0.800. The van der Waals surface area contributed by atoms with Gasteiger partial charge in [0, 0.05) is 18.8 Å². The number of hydrogen-bond acceptors (Lipinski definition) is 7. The lowest BCUT2D eigenvalue weighted by Crippen LogP contribution is -2.66. The van der Waals surface area contributed by atoms with E-state index in [1.165, 1.54) is 11.0 Å². The molecule has 2 aliphatic carbocycles. The summed E-state index contributed by atoms with van der Waals surface area (Å²) in [6.45, 7) is 17.1. The van der Waals surface area contributed by atoms with Crippen LogP contribution in [0.2, 0.25) is 0 Å². The molecule has 3 rings (SSSR count). The molecule has 4 N–H and O–H groups in total. The summed E-state index contributed by atoms with van der Waals surface area (Å²) in [5, 5.41) is 11.2. The minimum Gasteiger partial charge on any atom is -0.346 e. The summed E-state index contributed by atoms with van der Waals surface area (Å²) in [7, 11) is -3.39. The van der Waals surface area contributed by atoms with E-state index in [-0.39, 0.29) is 41.8 Å². The molecule has 1 saturated heterocycles. The van der Waals surface area contributed by atoms with Crippen LogP contribution in [0.4, 0.5) is 4.79 Å². The van der Waals surface area contributed by atoms with Crippen molar-refractivity contribution in [2.45, 2.75) is 130 Å². The monoisotopic (exact) mass is 693 g/mol. The molecular formula is C35H59N5O7S. The molecule has 272 valence electrons. The number of rotatable bonds is 14. The Bertz CT molecular complexity index is 1330. The number of Topliss-reactive ketones (excluding diaryl/α,β-unsaturated/α-hetero) is 1. The number of hydrogen-bond donors (Lipinski definition) is 4. The van der Waals surface area contributed by atoms with E-state index < -0.39 is 68.5 Å². The zero-order chi connectivity index (χ0) is 36.1. The summed E-state index contributed by atoms with van der Waals surface area (Å²) < 4.78 is 25.4. The third-order valence-electron chi connectivity index (χ3n) is 10.5. The number of carbonyl (C=O) groups excluding carboxylic acids is 5. The molecule has 0 aromatic rings. The Hall–Kier alpha value is -2.96. The molecule has 0 radical (unpaired) electrons. The number of piperidine rings is 1. The Morgan fingerprint density at radius 1 is 1.02 bits per heavy atom. The van der Waals surface area contributed by atoms with Crippen molar-refractivity contribution in [3.63, 3.8) is 0 Å². The molecule has 5 amide bonds. The standard InChI is InChI=1S/C35H59N5O7S/c1-9-18-36-30(43)27(41)25(19-24-14-15-24)37-29(42)26-20-34(7,8)23(3)21-40(26)31(44)28(33(4,5)6)38-32(45)39-35(16-12-11-13-17-35)22-48(46,47)10-2/h9,23-26,28H,1,10-22H2,2-8H3,(H,36,43)(H,37,42)(H2,38,39,45)/t23?,25?,26-,28+/m0/s1. The highest BCUT2D eigenvalue weighted by Crippen LogP contribution is 2.40. The van der Waals surface area contributed by atoms with Crippen molar-refractivity contribution in [3.05, 3.63) is 12.7 Å². The van der Waals surface area contributed by atoms with E-state index in [4.69, 9.17) is 0 Å². The molecular weight excluding hydrogens is 634 g/mol. The zero-order valence-corrected chi connectivity index (χ0v) is 30.9. The van der Waals surface area contributed by atoms with Crippen LogP contribution < -0.4 is 21.3 Å². The van der Waals surface area contributed by atoms with Gasteiger partial charge in [0.05, 0.1) is 17.3 Å². The molecule has 2 unspecified atom stereocenters. The van der Waals surface area contributed by atoms with E-state index >= 15 is 0 Å². The molecule has 48 heavy (non-hydrogen) atoms. The van der Waals surface area contributed by atoms with Gasteiger partial charge in [0.15, 0.2) is 9.84 Å². The lowest BCUT2D eigenvalue weighted by atomic mass is 9.71. The van der Waals surface area contributed by atoms with E-state index in [0.717, 1.165) is 32.1 Å². The fourth-order valence-corrected chi connectivity index (χ4v) is 8.24. The number of amides is 5. The van der Waals surface area contributed by atoms with Crippen LogP contribution in [-0.4, -0.2) is 91.1 Å². The van der Waals surface area contributed by atoms with E-state index in [0.29, 0.717) is 25.7 Å². The summed E-state index contributed by atoms with van der Waals surface area (Å²) in [5.74, 6) is -2.41. The molecule has 3 fully saturated rings. The quantitative estimate of drug-likeness (QED) is 0.160. The van der Waals surface area contributed by atoms with Gasteiger partial charge in [-0.05, 0) is 48.3 Å². The maximum atomic E-state index is 14.5. The fourth-order valence-electron chi connectivity index (χ4n) is 6.83. The minimum absolute atomic E-state index is 0.0123. The largest absolute Gasteiger partial charge is 0.346 e. The molecule has 2 saturated carbocycles. The molecule has 0 aromatic carbocycles. The van der Waals surface area contributed by atoms with Crippen LogP contribution in [0.25, 0.3) is 0 Å². The third-order valence-corrected chi connectivity index (χ3v) is 12.4. The van der Waals surface area contributed by atoms with Crippen molar-refractivity contribution in [1.29, 1.82) is 0 Å². The average molecular weight is 694 g/mol. The first kappa shape index (κ1) is 39.5. The summed E-state index contributed by atoms with van der Waals surface area (Å²) in [4.78, 5) is 69.4. The van der Waals surface area contributed by atoms with E-state index in [9.17, 15) is 32.4 Å². The van der Waals surface area contributed by atoms with Crippen LogP contribution in [0.1, 0.15) is 106 Å². The van der Waals surface area contributed by atoms with Crippen molar-refractivity contribution in [2.75, 3.05) is 24.6 Å². The van der Waals surface area contributed by atoms with Gasteiger partial charge >= 0.3 is 6.03 Å². The number of ketones is 1. The van der Waals surface area contributed by atoms with Crippen molar-refractivity contribution < 1.29 is 32.4 Å². The smallest absolute Gasteiger partial charge is 0.315 e. The van der Waals surface area contributed by atoms with Crippen molar-refractivity contribution in [3.8, 4) is 0 Å². The van der Waals surface area contributed by atoms with Crippen LogP contribution in [0, 0.1) is 22.7 Å². The molecule has 1 heterocycles. The Morgan fingerprint density at radius 3 is 2.19 bits per heavy atom. The molecule has 13 heteroatoms. The van der Waals surface area contributed by atoms with Gasteiger partial charge < -0.3 is 26.2 Å². The lowest BCUT2D eigenvalue weighted by molar-refractivity contribution is -0.151. The first-order chi connectivity index (χ1) is 22.2. The molecule has 0 bridgehead atoms. The Labute approximate surface area is 287 Å². The number of nitrogens with one attached hydrogen (secondary N) is 4. The van der Waals surface area contributed by atoms with Crippen LogP contribution in [-0.2, 0) is 29.0 Å². The molecule has 4 atom stereocenters. The predicted molar refractivity (Wildman–Crippen MR) is 186 cm³/mol. The molecule has 1 aliphatic heterocycles. The van der Waals surface area contributed by atoms with Gasteiger partial charge in [0.25, 0.3) is 5.91 Å². The van der Waals surface area contributed by atoms with Crippen LogP contribution >= 0.6 is 0 Å². The highest BCUT2D eigenvalue weighted by molar-refractivity contribution is 7.91. The van der Waals surface area contributed by atoms with E-state index in [1.807, 2.05) is 41.5 Å². The number of sulfone groups is 1. The Kier molecular flexibility index (Phi) is 12.9. The first-order valence-corrected chi connectivity index (χ1v) is 19.4. The highest BCUT2D eigenvalue weighted by atomic mass is 32.2. The Balaban J connectivity index is 1.87. The van der Waals surface area contributed by atoms with Crippen molar-refractivity contribution >= 4 is 39.4 Å². The number of carbonyl (C=O) groups is 5. The maximum Gasteiger partial charge on any atom is 0.315 e. The molecule has 0 aromatic heterocycles. The molecule has 12 nitrogen and oxygen atoms in total. The second-order valence-corrected chi connectivity index (χ2v) is 18.5. The van der Waals surface area contributed by atoms with E-state index in [2.05, 4.69) is 27.8 Å². The van der Waals surface area contributed by atoms with Gasteiger partial charge in [-0.2, -0.15) is 0 Å². The summed E-state index contributed by atoms with van der Waals surface area (Å²) >= 11 is 0. The third kappa shape index (κ3) is 10.5. The molecule has 3 aliphatic rings. The average Bonchev–Trinajstić information content (AvgIpc) is 3.82. The normalized spacial score (nSPS) is 23.6. The van der Waals surface area contributed by atoms with Gasteiger partial charge in [0.1, 0.15) is 12.1 Å². The van der Waals surface area contributed by atoms with Gasteiger partial charge in [-0.25, -0.2) is 13.2 Å². The van der Waals surface area contributed by atoms with Crippen molar-refractivity contribution in [1.82, 2.24) is 26.2 Å². The van der Waals surface area contributed by atoms with Gasteiger partial charge in [-0.1, -0.05) is 86.6 Å². The summed E-state index contributed by atoms with van der Waals surface area (Å²) in [6, 6.07) is -3.63. The topological polar surface area (TPSA) is 171 Å². The first-order valence-electron chi connectivity index (χ1n) is 17.6. The van der Waals surface area contributed by atoms with Gasteiger partial charge in [-0.15, -0.1) is 6.58 Å². The second kappa shape index (κ2) is 15.7. The van der Waals surface area contributed by atoms with Crippen LogP contribution in [0.5, 0.6) is 0 Å². The number of urea groups is 1. The summed E-state index contributed by atoms with van der Waals surface area (Å²) in [5.41, 5.74) is -2.01. The molecule has 0 spiro atoms. The van der Waals surface area contributed by atoms with E-state index in [1.54, 1.807) is 6.92 Å².